The van der Waals surface area contributed by atoms with Gasteiger partial charge in [-0.25, -0.2) is 0 Å². The third-order valence-electron chi connectivity index (χ3n) is 1.82. The zero-order valence-electron chi connectivity index (χ0n) is 8.18. The summed E-state index contributed by atoms with van der Waals surface area (Å²) in [4.78, 5) is 0. The lowest BCUT2D eigenvalue weighted by Gasteiger charge is -2.01. The number of nitrogens with zero attached hydrogens (tertiary/aromatic N) is 1. The lowest BCUT2D eigenvalue weighted by molar-refractivity contribution is 0.596. The summed E-state index contributed by atoms with van der Waals surface area (Å²) in [6.07, 6.45) is 11.1. The first-order valence-corrected chi connectivity index (χ1v) is 4.93. The Morgan fingerprint density at radius 2 is 1.62 bits per heavy atom. The number of unbranched alkanes of at least 4 members (excludes halogenated alkanes) is 4. The Hall–Kier alpha value is -0.990. The number of rotatable bonds is 8. The minimum Gasteiger partial charge on any atom is -0.317 e. The second-order valence-electron chi connectivity index (χ2n) is 3.03. The van der Waals surface area contributed by atoms with Crippen LogP contribution >= 0.6 is 0 Å². The minimum absolute atomic E-state index is 0.679. The maximum atomic E-state index is 8.28. The zero-order valence-corrected chi connectivity index (χ0v) is 8.18. The van der Waals surface area contributed by atoms with Gasteiger partial charge in [0, 0.05) is 12.8 Å². The summed E-state index contributed by atoms with van der Waals surface area (Å²) < 4.78 is 0. The molecule has 0 fully saturated rings. The maximum absolute atomic E-state index is 8.28. The molecule has 1 N–H and O–H groups in total. The standard InChI is InChI=1S/C11H18N2/c1-2-3-4-7-10-13-11-8-5-6-9-12/h1,13H,3-8,10-11H2. The molecule has 72 valence electrons. The van der Waals surface area contributed by atoms with Gasteiger partial charge in [0.2, 0.25) is 0 Å². The van der Waals surface area contributed by atoms with Crippen molar-refractivity contribution in [2.75, 3.05) is 13.1 Å². The van der Waals surface area contributed by atoms with Crippen LogP contribution in [0.3, 0.4) is 0 Å². The highest BCUT2D eigenvalue weighted by molar-refractivity contribution is 4.82. The predicted octanol–water partition coefficient (Wildman–Crippen LogP) is 2.07. The van der Waals surface area contributed by atoms with Gasteiger partial charge in [-0.05, 0) is 38.8 Å². The van der Waals surface area contributed by atoms with Crippen LogP contribution in [-0.2, 0) is 0 Å². The van der Waals surface area contributed by atoms with Gasteiger partial charge in [0.1, 0.15) is 0 Å². The Balaban J connectivity index is 2.85. The second-order valence-corrected chi connectivity index (χ2v) is 3.03. The minimum atomic E-state index is 0.679. The Morgan fingerprint density at radius 1 is 1.00 bits per heavy atom. The number of nitriles is 1. The van der Waals surface area contributed by atoms with Crippen LogP contribution in [0.2, 0.25) is 0 Å². The fourth-order valence-electron chi connectivity index (χ4n) is 1.06. The number of terminal acetylenes is 1. The van der Waals surface area contributed by atoms with Gasteiger partial charge in [-0.3, -0.25) is 0 Å². The van der Waals surface area contributed by atoms with Gasteiger partial charge in [-0.15, -0.1) is 12.3 Å². The van der Waals surface area contributed by atoms with E-state index in [0.717, 1.165) is 45.2 Å². The molecule has 0 aromatic rings. The molecule has 0 saturated heterocycles. The Labute approximate surface area is 81.3 Å². The van der Waals surface area contributed by atoms with E-state index in [2.05, 4.69) is 17.3 Å². The highest BCUT2D eigenvalue weighted by Gasteiger charge is 1.88. The highest BCUT2D eigenvalue weighted by atomic mass is 14.8. The summed E-state index contributed by atoms with van der Waals surface area (Å²) in [5.74, 6) is 2.62. The summed E-state index contributed by atoms with van der Waals surface area (Å²) in [6.45, 7) is 2.08. The molecular weight excluding hydrogens is 160 g/mol. The molecule has 0 spiro atoms. The van der Waals surface area contributed by atoms with Gasteiger partial charge in [0.25, 0.3) is 0 Å². The molecule has 0 aliphatic rings. The third kappa shape index (κ3) is 11.0. The molecule has 0 saturated carbocycles. The average molecular weight is 178 g/mol. The fourth-order valence-corrected chi connectivity index (χ4v) is 1.06. The number of nitrogens with one attached hydrogen (secondary N) is 1. The fraction of sp³-hybridized carbons (Fsp3) is 0.727. The van der Waals surface area contributed by atoms with E-state index in [4.69, 9.17) is 11.7 Å². The van der Waals surface area contributed by atoms with E-state index in [-0.39, 0.29) is 0 Å². The van der Waals surface area contributed by atoms with Crippen LogP contribution in [0.15, 0.2) is 0 Å². The summed E-state index contributed by atoms with van der Waals surface area (Å²) >= 11 is 0. The van der Waals surface area contributed by atoms with Crippen molar-refractivity contribution in [3.05, 3.63) is 0 Å². The van der Waals surface area contributed by atoms with E-state index in [1.165, 1.54) is 0 Å². The molecule has 0 aromatic heterocycles. The summed E-state index contributed by atoms with van der Waals surface area (Å²) in [7, 11) is 0. The summed E-state index contributed by atoms with van der Waals surface area (Å²) in [6, 6.07) is 2.14. The molecule has 0 radical (unpaired) electrons. The van der Waals surface area contributed by atoms with E-state index < -0.39 is 0 Å². The van der Waals surface area contributed by atoms with Crippen LogP contribution < -0.4 is 5.32 Å². The van der Waals surface area contributed by atoms with Crippen molar-refractivity contribution in [2.45, 2.75) is 38.5 Å². The largest absolute Gasteiger partial charge is 0.317 e. The van der Waals surface area contributed by atoms with E-state index >= 15 is 0 Å². The van der Waals surface area contributed by atoms with Crippen LogP contribution in [0.4, 0.5) is 0 Å². The Bertz CT molecular complexity index is 154. The smallest absolute Gasteiger partial charge is 0.0621 e. The van der Waals surface area contributed by atoms with Gasteiger partial charge in [0.05, 0.1) is 6.07 Å². The van der Waals surface area contributed by atoms with E-state index in [0.29, 0.717) is 6.42 Å². The van der Waals surface area contributed by atoms with Crippen LogP contribution in [0.25, 0.3) is 0 Å². The van der Waals surface area contributed by atoms with Gasteiger partial charge < -0.3 is 5.32 Å². The zero-order chi connectivity index (χ0) is 9.78. The van der Waals surface area contributed by atoms with Crippen molar-refractivity contribution >= 4 is 0 Å². The molecule has 0 aliphatic carbocycles. The van der Waals surface area contributed by atoms with E-state index in [1.807, 2.05) is 0 Å². The van der Waals surface area contributed by atoms with Crippen molar-refractivity contribution in [2.24, 2.45) is 0 Å². The van der Waals surface area contributed by atoms with Crippen molar-refractivity contribution in [1.29, 1.82) is 5.26 Å². The molecule has 0 aromatic carbocycles. The Kier molecular flexibility index (Phi) is 10.2. The van der Waals surface area contributed by atoms with Gasteiger partial charge in [-0.2, -0.15) is 5.26 Å². The van der Waals surface area contributed by atoms with Crippen LogP contribution in [0.5, 0.6) is 0 Å². The first-order chi connectivity index (χ1) is 6.41. The summed E-state index contributed by atoms with van der Waals surface area (Å²) in [5.41, 5.74) is 0. The van der Waals surface area contributed by atoms with Crippen molar-refractivity contribution in [1.82, 2.24) is 5.32 Å². The van der Waals surface area contributed by atoms with Gasteiger partial charge >= 0.3 is 0 Å². The van der Waals surface area contributed by atoms with E-state index in [9.17, 15) is 0 Å². The highest BCUT2D eigenvalue weighted by Crippen LogP contribution is 1.93. The third-order valence-corrected chi connectivity index (χ3v) is 1.82. The first kappa shape index (κ1) is 12.0. The molecule has 0 unspecified atom stereocenters. The van der Waals surface area contributed by atoms with Gasteiger partial charge in [0.15, 0.2) is 0 Å². The van der Waals surface area contributed by atoms with Crippen LogP contribution in [-0.4, -0.2) is 13.1 Å². The predicted molar refractivity (Wildman–Crippen MR) is 55.0 cm³/mol. The molecule has 0 aliphatic heterocycles. The van der Waals surface area contributed by atoms with E-state index in [1.54, 1.807) is 0 Å². The molecule has 2 nitrogen and oxygen atoms in total. The molecule has 13 heavy (non-hydrogen) atoms. The SMILES string of the molecule is C#CCCCCNCCCCC#N. The normalized spacial score (nSPS) is 9.08. The monoisotopic (exact) mass is 178 g/mol. The summed E-state index contributed by atoms with van der Waals surface area (Å²) in [5, 5.41) is 11.6. The molecule has 0 rings (SSSR count). The van der Waals surface area contributed by atoms with Crippen molar-refractivity contribution in [3.63, 3.8) is 0 Å². The maximum Gasteiger partial charge on any atom is 0.0621 e. The quantitative estimate of drug-likeness (QED) is 0.456. The second kappa shape index (κ2) is 11.0. The Morgan fingerprint density at radius 3 is 2.15 bits per heavy atom. The molecule has 0 amide bonds. The van der Waals surface area contributed by atoms with Gasteiger partial charge in [-0.1, -0.05) is 0 Å². The molecule has 0 atom stereocenters. The topological polar surface area (TPSA) is 35.8 Å². The molecule has 0 bridgehead atoms. The van der Waals surface area contributed by atoms with Crippen molar-refractivity contribution in [3.8, 4) is 18.4 Å². The lowest BCUT2D eigenvalue weighted by Crippen LogP contribution is -2.16. The van der Waals surface area contributed by atoms with Crippen LogP contribution in [0.1, 0.15) is 38.5 Å². The number of hydrogen-bond acceptors (Lipinski definition) is 2. The number of hydrogen-bond donors (Lipinski definition) is 1. The first-order valence-electron chi connectivity index (χ1n) is 4.93. The molecule has 0 heterocycles. The average Bonchev–Trinajstić information content (AvgIpc) is 2.16. The van der Waals surface area contributed by atoms with Crippen LogP contribution in [0, 0.1) is 23.7 Å². The molecular formula is C11H18N2. The molecule has 2 heteroatoms. The van der Waals surface area contributed by atoms with Crippen molar-refractivity contribution < 1.29 is 0 Å². The lowest BCUT2D eigenvalue weighted by atomic mass is 10.2.